The summed E-state index contributed by atoms with van der Waals surface area (Å²) in [6.45, 7) is 0.214. The van der Waals surface area contributed by atoms with E-state index in [0.29, 0.717) is 0 Å². The standard InChI is InChI=1S/C9H18N2O4S2/c10-9(3-1-4-9)7-11-17(14,15)8-2-5-16(12,13)6-8/h8,11H,1-7,10H2. The largest absolute Gasteiger partial charge is 0.324 e. The molecule has 1 aliphatic carbocycles. The molecule has 1 heterocycles. The van der Waals surface area contributed by atoms with E-state index in [1.165, 1.54) is 0 Å². The Balaban J connectivity index is 1.95. The van der Waals surface area contributed by atoms with Crippen LogP contribution in [-0.4, -0.2) is 45.7 Å². The fraction of sp³-hybridized carbons (Fsp3) is 1.00. The summed E-state index contributed by atoms with van der Waals surface area (Å²) in [4.78, 5) is 0. The van der Waals surface area contributed by atoms with Gasteiger partial charge in [0.1, 0.15) is 0 Å². The molecule has 0 aromatic carbocycles. The highest BCUT2D eigenvalue weighted by molar-refractivity contribution is 7.95. The topological polar surface area (TPSA) is 106 Å². The van der Waals surface area contributed by atoms with E-state index in [1.54, 1.807) is 0 Å². The minimum absolute atomic E-state index is 0.0354. The molecular formula is C9H18N2O4S2. The van der Waals surface area contributed by atoms with E-state index in [2.05, 4.69) is 4.72 Å². The van der Waals surface area contributed by atoms with Crippen molar-refractivity contribution in [3.63, 3.8) is 0 Å². The second kappa shape index (κ2) is 4.18. The van der Waals surface area contributed by atoms with E-state index < -0.39 is 30.6 Å². The van der Waals surface area contributed by atoms with Crippen LogP contribution in [0.3, 0.4) is 0 Å². The molecule has 0 bridgehead atoms. The van der Waals surface area contributed by atoms with E-state index >= 15 is 0 Å². The Morgan fingerprint density at radius 2 is 2.00 bits per heavy atom. The van der Waals surface area contributed by atoms with Gasteiger partial charge in [-0.25, -0.2) is 21.6 Å². The molecule has 2 aliphatic rings. The zero-order valence-corrected chi connectivity index (χ0v) is 11.2. The fourth-order valence-electron chi connectivity index (χ4n) is 2.18. The summed E-state index contributed by atoms with van der Waals surface area (Å²) < 4.78 is 48.7. The summed E-state index contributed by atoms with van der Waals surface area (Å²) in [5.74, 6) is -0.299. The predicted molar refractivity (Wildman–Crippen MR) is 64.8 cm³/mol. The summed E-state index contributed by atoms with van der Waals surface area (Å²) in [7, 11) is -6.72. The van der Waals surface area contributed by atoms with Gasteiger partial charge in [0.15, 0.2) is 9.84 Å². The van der Waals surface area contributed by atoms with Crippen LogP contribution in [0.25, 0.3) is 0 Å². The smallest absolute Gasteiger partial charge is 0.215 e. The Bertz CT molecular complexity index is 493. The number of nitrogens with one attached hydrogen (secondary N) is 1. The molecule has 1 atom stereocenters. The molecule has 100 valence electrons. The van der Waals surface area contributed by atoms with Gasteiger partial charge in [0.25, 0.3) is 0 Å². The quantitative estimate of drug-likeness (QED) is 0.686. The lowest BCUT2D eigenvalue weighted by Crippen LogP contribution is -2.55. The van der Waals surface area contributed by atoms with E-state index in [9.17, 15) is 16.8 Å². The van der Waals surface area contributed by atoms with Crippen molar-refractivity contribution in [3.05, 3.63) is 0 Å². The minimum Gasteiger partial charge on any atom is -0.324 e. The zero-order valence-electron chi connectivity index (χ0n) is 9.55. The molecule has 2 rings (SSSR count). The minimum atomic E-state index is -3.55. The summed E-state index contributed by atoms with van der Waals surface area (Å²) in [5.41, 5.74) is 5.49. The van der Waals surface area contributed by atoms with Gasteiger partial charge in [0, 0.05) is 12.1 Å². The summed E-state index contributed by atoms with van der Waals surface area (Å²) in [6.07, 6.45) is 2.85. The molecule has 0 aromatic heterocycles. The maximum atomic E-state index is 11.9. The zero-order chi connectivity index (χ0) is 12.7. The second-order valence-corrected chi connectivity index (χ2v) is 9.38. The highest BCUT2D eigenvalue weighted by atomic mass is 32.2. The lowest BCUT2D eigenvalue weighted by molar-refractivity contribution is 0.250. The summed E-state index contributed by atoms with van der Waals surface area (Å²) in [5, 5.41) is -0.809. The lowest BCUT2D eigenvalue weighted by Gasteiger charge is -2.38. The van der Waals surface area contributed by atoms with Crippen LogP contribution in [0.2, 0.25) is 0 Å². The first-order chi connectivity index (χ1) is 7.73. The van der Waals surface area contributed by atoms with Crippen molar-refractivity contribution in [2.75, 3.05) is 18.1 Å². The molecule has 3 N–H and O–H groups in total. The average molecular weight is 282 g/mol. The summed E-state index contributed by atoms with van der Waals surface area (Å²) in [6, 6.07) is 0. The highest BCUT2D eigenvalue weighted by Gasteiger charge is 2.39. The van der Waals surface area contributed by atoms with Gasteiger partial charge >= 0.3 is 0 Å². The van der Waals surface area contributed by atoms with Crippen LogP contribution >= 0.6 is 0 Å². The van der Waals surface area contributed by atoms with Crippen molar-refractivity contribution in [2.24, 2.45) is 5.73 Å². The first-order valence-electron chi connectivity index (χ1n) is 5.70. The number of hydrogen-bond donors (Lipinski definition) is 2. The van der Waals surface area contributed by atoms with Crippen molar-refractivity contribution in [1.82, 2.24) is 4.72 Å². The third-order valence-corrected chi connectivity index (χ3v) is 7.41. The van der Waals surface area contributed by atoms with Crippen molar-refractivity contribution in [1.29, 1.82) is 0 Å². The molecule has 0 radical (unpaired) electrons. The van der Waals surface area contributed by atoms with Crippen LogP contribution in [-0.2, 0) is 19.9 Å². The molecule has 1 saturated carbocycles. The van der Waals surface area contributed by atoms with Crippen LogP contribution in [0.1, 0.15) is 25.7 Å². The van der Waals surface area contributed by atoms with Crippen LogP contribution in [0.15, 0.2) is 0 Å². The maximum absolute atomic E-state index is 11.9. The molecule has 2 fully saturated rings. The molecular weight excluding hydrogens is 264 g/mol. The van der Waals surface area contributed by atoms with Crippen molar-refractivity contribution in [3.8, 4) is 0 Å². The Kier molecular flexibility index (Phi) is 3.26. The number of sulfone groups is 1. The van der Waals surface area contributed by atoms with E-state index in [4.69, 9.17) is 5.73 Å². The van der Waals surface area contributed by atoms with Crippen molar-refractivity contribution < 1.29 is 16.8 Å². The van der Waals surface area contributed by atoms with Gasteiger partial charge in [0.2, 0.25) is 10.0 Å². The maximum Gasteiger partial charge on any atom is 0.215 e. The van der Waals surface area contributed by atoms with Gasteiger partial charge in [-0.1, -0.05) is 0 Å². The van der Waals surface area contributed by atoms with Gasteiger partial charge in [-0.05, 0) is 25.7 Å². The van der Waals surface area contributed by atoms with Crippen LogP contribution < -0.4 is 10.5 Å². The Hall–Kier alpha value is -0.180. The molecule has 0 aromatic rings. The van der Waals surface area contributed by atoms with Gasteiger partial charge in [-0.15, -0.1) is 0 Å². The van der Waals surface area contributed by atoms with E-state index in [0.717, 1.165) is 19.3 Å². The van der Waals surface area contributed by atoms with Crippen molar-refractivity contribution >= 4 is 19.9 Å². The van der Waals surface area contributed by atoms with Crippen LogP contribution in [0.5, 0.6) is 0 Å². The molecule has 1 unspecified atom stereocenters. The van der Waals surface area contributed by atoms with Crippen LogP contribution in [0.4, 0.5) is 0 Å². The molecule has 0 spiro atoms. The lowest BCUT2D eigenvalue weighted by atomic mass is 9.78. The van der Waals surface area contributed by atoms with Crippen LogP contribution in [0, 0.1) is 0 Å². The molecule has 0 amide bonds. The van der Waals surface area contributed by atoms with Gasteiger partial charge in [-0.2, -0.15) is 0 Å². The third-order valence-electron chi connectivity index (χ3n) is 3.60. The predicted octanol–water partition coefficient (Wildman–Crippen LogP) is -1.03. The average Bonchev–Trinajstić information content (AvgIpc) is 2.54. The molecule has 8 heteroatoms. The first kappa shape index (κ1) is 13.3. The SMILES string of the molecule is NC1(CNS(=O)(=O)C2CCS(=O)(=O)C2)CCC1. The molecule has 17 heavy (non-hydrogen) atoms. The molecule has 6 nitrogen and oxygen atoms in total. The number of sulfonamides is 1. The number of nitrogens with two attached hydrogens (primary N) is 1. The second-order valence-electron chi connectivity index (χ2n) is 5.11. The normalized spacial score (nSPS) is 31.0. The van der Waals surface area contributed by atoms with Gasteiger partial charge in [0.05, 0.1) is 16.8 Å². The Morgan fingerprint density at radius 3 is 2.41 bits per heavy atom. The first-order valence-corrected chi connectivity index (χ1v) is 9.07. The molecule has 1 aliphatic heterocycles. The number of rotatable bonds is 4. The monoisotopic (exact) mass is 282 g/mol. The molecule has 1 saturated heterocycles. The van der Waals surface area contributed by atoms with Gasteiger partial charge in [-0.3, -0.25) is 0 Å². The highest BCUT2D eigenvalue weighted by Crippen LogP contribution is 2.28. The fourth-order valence-corrected chi connectivity index (χ4v) is 6.36. The van der Waals surface area contributed by atoms with E-state index in [1.807, 2.05) is 0 Å². The van der Waals surface area contributed by atoms with Crippen molar-refractivity contribution in [2.45, 2.75) is 36.5 Å². The Labute approximate surface area is 102 Å². The number of hydrogen-bond acceptors (Lipinski definition) is 5. The van der Waals surface area contributed by atoms with E-state index in [-0.39, 0.29) is 24.5 Å². The van der Waals surface area contributed by atoms with Gasteiger partial charge < -0.3 is 5.73 Å². The third kappa shape index (κ3) is 2.98. The summed E-state index contributed by atoms with van der Waals surface area (Å²) >= 11 is 0. The Morgan fingerprint density at radius 1 is 1.35 bits per heavy atom.